The second-order valence-electron chi connectivity index (χ2n) is 5.18. The quantitative estimate of drug-likeness (QED) is 0.878. The van der Waals surface area contributed by atoms with Crippen molar-refractivity contribution in [2.24, 2.45) is 0 Å². The van der Waals surface area contributed by atoms with Gasteiger partial charge in [0, 0.05) is 12.5 Å². The molecule has 1 heterocycles. The Morgan fingerprint density at radius 1 is 1.57 bits per heavy atom. The van der Waals surface area contributed by atoms with Gasteiger partial charge in [-0.25, -0.2) is 4.39 Å². The summed E-state index contributed by atoms with van der Waals surface area (Å²) in [6, 6.07) is 4.79. The Morgan fingerprint density at radius 3 is 2.90 bits per heavy atom. The van der Waals surface area contributed by atoms with Crippen molar-refractivity contribution < 1.29 is 13.9 Å². The maximum atomic E-state index is 13.6. The SMILES string of the molecule is COc1ccc(C(C)NC(=O)CC2CCCN2)cc1F.Cl. The van der Waals surface area contributed by atoms with Gasteiger partial charge in [-0.15, -0.1) is 12.4 Å². The highest BCUT2D eigenvalue weighted by molar-refractivity contribution is 5.85. The Labute approximate surface area is 130 Å². The molecular weight excluding hydrogens is 295 g/mol. The van der Waals surface area contributed by atoms with Gasteiger partial charge in [-0.3, -0.25) is 4.79 Å². The number of hydrogen-bond acceptors (Lipinski definition) is 3. The molecule has 4 nitrogen and oxygen atoms in total. The van der Waals surface area contributed by atoms with Crippen molar-refractivity contribution in [1.29, 1.82) is 0 Å². The van der Waals surface area contributed by atoms with Crippen LogP contribution in [0.15, 0.2) is 18.2 Å². The van der Waals surface area contributed by atoms with Crippen LogP contribution in [-0.4, -0.2) is 25.6 Å². The van der Waals surface area contributed by atoms with Gasteiger partial charge in [0.2, 0.25) is 5.91 Å². The fourth-order valence-electron chi connectivity index (χ4n) is 2.49. The van der Waals surface area contributed by atoms with Gasteiger partial charge in [-0.2, -0.15) is 0 Å². The van der Waals surface area contributed by atoms with Crippen molar-refractivity contribution in [1.82, 2.24) is 10.6 Å². The number of methoxy groups -OCH3 is 1. The molecule has 1 amide bonds. The van der Waals surface area contributed by atoms with Crippen LogP contribution in [0.5, 0.6) is 5.75 Å². The summed E-state index contributed by atoms with van der Waals surface area (Å²) in [7, 11) is 1.43. The van der Waals surface area contributed by atoms with Crippen molar-refractivity contribution >= 4 is 18.3 Å². The number of amides is 1. The fourth-order valence-corrected chi connectivity index (χ4v) is 2.49. The fraction of sp³-hybridized carbons (Fsp3) is 0.533. The van der Waals surface area contributed by atoms with Gasteiger partial charge < -0.3 is 15.4 Å². The number of benzene rings is 1. The van der Waals surface area contributed by atoms with Crippen molar-refractivity contribution in [2.45, 2.75) is 38.3 Å². The van der Waals surface area contributed by atoms with Crippen LogP contribution in [0.4, 0.5) is 4.39 Å². The van der Waals surface area contributed by atoms with Gasteiger partial charge in [-0.05, 0) is 44.0 Å². The summed E-state index contributed by atoms with van der Waals surface area (Å²) in [4.78, 5) is 11.9. The van der Waals surface area contributed by atoms with Gasteiger partial charge in [0.15, 0.2) is 11.6 Å². The molecule has 0 aliphatic carbocycles. The molecule has 0 bridgehead atoms. The van der Waals surface area contributed by atoms with E-state index >= 15 is 0 Å². The molecule has 1 aliphatic heterocycles. The zero-order chi connectivity index (χ0) is 14.5. The molecule has 0 spiro atoms. The van der Waals surface area contributed by atoms with Crippen LogP contribution in [0.2, 0.25) is 0 Å². The second-order valence-corrected chi connectivity index (χ2v) is 5.18. The van der Waals surface area contributed by atoms with Crippen molar-refractivity contribution in [3.05, 3.63) is 29.6 Å². The summed E-state index contributed by atoms with van der Waals surface area (Å²) < 4.78 is 18.5. The van der Waals surface area contributed by atoms with Gasteiger partial charge in [-0.1, -0.05) is 6.07 Å². The zero-order valence-corrected chi connectivity index (χ0v) is 13.1. The number of ether oxygens (including phenoxy) is 1. The molecule has 21 heavy (non-hydrogen) atoms. The van der Waals surface area contributed by atoms with E-state index in [1.807, 2.05) is 6.92 Å². The van der Waals surface area contributed by atoms with E-state index in [0.717, 1.165) is 24.9 Å². The van der Waals surface area contributed by atoms with E-state index in [-0.39, 0.29) is 36.1 Å². The minimum absolute atomic E-state index is 0. The van der Waals surface area contributed by atoms with E-state index in [1.165, 1.54) is 13.2 Å². The molecule has 6 heteroatoms. The lowest BCUT2D eigenvalue weighted by molar-refractivity contribution is -0.122. The number of rotatable bonds is 5. The standard InChI is InChI=1S/C15H21FN2O2.ClH/c1-10(11-5-6-14(20-2)13(16)8-11)18-15(19)9-12-4-3-7-17-12;/h5-6,8,10,12,17H,3-4,7,9H2,1-2H3,(H,18,19);1H. The predicted molar refractivity (Wildman–Crippen MR) is 82.4 cm³/mol. The lowest BCUT2D eigenvalue weighted by atomic mass is 10.1. The molecule has 1 fully saturated rings. The van der Waals surface area contributed by atoms with Crippen molar-refractivity contribution in [3.63, 3.8) is 0 Å². The van der Waals surface area contributed by atoms with Crippen LogP contribution in [0, 0.1) is 5.82 Å². The second kappa shape index (κ2) is 8.20. The summed E-state index contributed by atoms with van der Waals surface area (Å²) in [6.07, 6.45) is 2.64. The van der Waals surface area contributed by atoms with Crippen molar-refractivity contribution in [2.75, 3.05) is 13.7 Å². The smallest absolute Gasteiger partial charge is 0.222 e. The van der Waals surface area contributed by atoms with Crippen LogP contribution in [0.25, 0.3) is 0 Å². The largest absolute Gasteiger partial charge is 0.494 e. The predicted octanol–water partition coefficient (Wildman–Crippen LogP) is 2.58. The molecule has 0 saturated carbocycles. The molecule has 0 aromatic heterocycles. The highest BCUT2D eigenvalue weighted by Crippen LogP contribution is 2.22. The summed E-state index contributed by atoms with van der Waals surface area (Å²) in [6.45, 7) is 2.83. The maximum absolute atomic E-state index is 13.6. The average Bonchev–Trinajstić information content (AvgIpc) is 2.91. The number of halogens is 2. The lowest BCUT2D eigenvalue weighted by Crippen LogP contribution is -2.33. The first-order valence-electron chi connectivity index (χ1n) is 6.96. The molecule has 0 radical (unpaired) electrons. The Hall–Kier alpha value is -1.33. The first kappa shape index (κ1) is 17.7. The van der Waals surface area contributed by atoms with Crippen molar-refractivity contribution in [3.8, 4) is 5.75 Å². The minimum atomic E-state index is -0.413. The molecule has 2 atom stereocenters. The number of carbonyl (C=O) groups is 1. The van der Waals surface area contributed by atoms with E-state index in [1.54, 1.807) is 12.1 Å². The monoisotopic (exact) mass is 316 g/mol. The lowest BCUT2D eigenvalue weighted by Gasteiger charge is -2.17. The van der Waals surface area contributed by atoms with Crippen LogP contribution >= 0.6 is 12.4 Å². The summed E-state index contributed by atoms with van der Waals surface area (Å²) in [5.74, 6) is -0.209. The first-order valence-corrected chi connectivity index (χ1v) is 6.96. The Bertz CT molecular complexity index is 479. The third-order valence-electron chi connectivity index (χ3n) is 3.65. The Kier molecular flexibility index (Phi) is 6.92. The number of hydrogen-bond donors (Lipinski definition) is 2. The topological polar surface area (TPSA) is 50.4 Å². The van der Waals surface area contributed by atoms with Gasteiger partial charge in [0.05, 0.1) is 13.2 Å². The molecular formula is C15H22ClFN2O2. The highest BCUT2D eigenvalue weighted by Gasteiger charge is 2.19. The minimum Gasteiger partial charge on any atom is -0.494 e. The Balaban J connectivity index is 0.00000220. The molecule has 118 valence electrons. The molecule has 1 aliphatic rings. The molecule has 1 saturated heterocycles. The average molecular weight is 317 g/mol. The van der Waals surface area contributed by atoms with Crippen LogP contribution in [0.3, 0.4) is 0 Å². The molecule has 1 aromatic carbocycles. The highest BCUT2D eigenvalue weighted by atomic mass is 35.5. The van der Waals surface area contributed by atoms with E-state index < -0.39 is 5.82 Å². The van der Waals surface area contributed by atoms with Crippen LogP contribution in [-0.2, 0) is 4.79 Å². The maximum Gasteiger partial charge on any atom is 0.222 e. The summed E-state index contributed by atoms with van der Waals surface area (Å²) in [5, 5.41) is 6.19. The third-order valence-corrected chi connectivity index (χ3v) is 3.65. The van der Waals surface area contributed by atoms with Gasteiger partial charge in [0.25, 0.3) is 0 Å². The molecule has 2 rings (SSSR count). The van der Waals surface area contributed by atoms with Gasteiger partial charge in [0.1, 0.15) is 0 Å². The first-order chi connectivity index (χ1) is 9.60. The molecule has 2 unspecified atom stereocenters. The number of nitrogens with one attached hydrogen (secondary N) is 2. The normalized spacial score (nSPS) is 18.7. The number of carbonyl (C=O) groups excluding carboxylic acids is 1. The van der Waals surface area contributed by atoms with E-state index in [4.69, 9.17) is 4.74 Å². The van der Waals surface area contributed by atoms with Crippen LogP contribution < -0.4 is 15.4 Å². The molecule has 1 aromatic rings. The zero-order valence-electron chi connectivity index (χ0n) is 12.3. The summed E-state index contributed by atoms with van der Waals surface area (Å²) in [5.41, 5.74) is 0.732. The van der Waals surface area contributed by atoms with E-state index in [2.05, 4.69) is 10.6 Å². The van der Waals surface area contributed by atoms with Crippen LogP contribution in [0.1, 0.15) is 37.8 Å². The van der Waals surface area contributed by atoms with Gasteiger partial charge >= 0.3 is 0 Å². The third kappa shape index (κ3) is 4.86. The molecule has 2 N–H and O–H groups in total. The summed E-state index contributed by atoms with van der Waals surface area (Å²) >= 11 is 0. The van der Waals surface area contributed by atoms with E-state index in [9.17, 15) is 9.18 Å². The Morgan fingerprint density at radius 2 is 2.33 bits per heavy atom. The van der Waals surface area contributed by atoms with E-state index in [0.29, 0.717) is 6.42 Å².